The number of anilines is 1. The molecule has 0 bridgehead atoms. The normalized spacial score (nSPS) is 15.2. The van der Waals surface area contributed by atoms with Gasteiger partial charge in [-0.2, -0.15) is 5.10 Å². The van der Waals surface area contributed by atoms with E-state index in [4.69, 9.17) is 16.3 Å². The molecule has 1 aliphatic carbocycles. The maximum atomic E-state index is 13.4. The number of rotatable bonds is 9. The van der Waals surface area contributed by atoms with Crippen LogP contribution in [0, 0.1) is 5.92 Å². The van der Waals surface area contributed by atoms with Crippen molar-refractivity contribution in [2.75, 3.05) is 18.7 Å². The number of hydrogen-bond acceptors (Lipinski definition) is 5. The van der Waals surface area contributed by atoms with E-state index in [0.29, 0.717) is 30.3 Å². The van der Waals surface area contributed by atoms with Crippen LogP contribution in [0.4, 0.5) is 5.82 Å². The Morgan fingerprint density at radius 3 is 2.51 bits per heavy atom. The fourth-order valence-corrected chi connectivity index (χ4v) is 5.99. The second-order valence-corrected chi connectivity index (χ2v) is 11.5. The summed E-state index contributed by atoms with van der Waals surface area (Å²) in [6.45, 7) is 0.563. The molecule has 0 saturated heterocycles. The Hall–Kier alpha value is -2.84. The smallest absolute Gasteiger partial charge is 0.233 e. The molecule has 1 N–H and O–H groups in total. The molecule has 186 valence electrons. The number of sulfone groups is 1. The Morgan fingerprint density at radius 1 is 1.17 bits per heavy atom. The zero-order chi connectivity index (χ0) is 25.0. The van der Waals surface area contributed by atoms with Gasteiger partial charge in [0.25, 0.3) is 0 Å². The Bertz CT molecular complexity index is 1280. The third-order valence-corrected chi connectivity index (χ3v) is 8.09. The van der Waals surface area contributed by atoms with Gasteiger partial charge in [0.1, 0.15) is 5.75 Å². The molecule has 1 fully saturated rings. The van der Waals surface area contributed by atoms with E-state index in [1.54, 1.807) is 30.0 Å². The van der Waals surface area contributed by atoms with E-state index in [-0.39, 0.29) is 15.8 Å². The summed E-state index contributed by atoms with van der Waals surface area (Å²) in [6.07, 6.45) is 8.16. The van der Waals surface area contributed by atoms with Gasteiger partial charge in [0.2, 0.25) is 5.91 Å². The number of amides is 1. The first-order chi connectivity index (χ1) is 16.7. The zero-order valence-electron chi connectivity index (χ0n) is 19.9. The number of hydrogen-bond donors (Lipinski definition) is 1. The Morgan fingerprint density at radius 2 is 1.89 bits per heavy atom. The molecule has 1 heterocycles. The van der Waals surface area contributed by atoms with Gasteiger partial charge >= 0.3 is 0 Å². The van der Waals surface area contributed by atoms with Gasteiger partial charge in [-0.05, 0) is 47.7 Å². The summed E-state index contributed by atoms with van der Waals surface area (Å²) in [7, 11) is -1.82. The molecule has 1 unspecified atom stereocenters. The third-order valence-electron chi connectivity index (χ3n) is 6.51. The minimum atomic E-state index is -3.45. The van der Waals surface area contributed by atoms with E-state index in [1.807, 2.05) is 30.5 Å². The average Bonchev–Trinajstić information content (AvgIpc) is 3.49. The molecule has 7 nitrogen and oxygen atoms in total. The highest BCUT2D eigenvalue weighted by molar-refractivity contribution is 7.90. The van der Waals surface area contributed by atoms with Crippen LogP contribution < -0.4 is 10.1 Å². The van der Waals surface area contributed by atoms with Crippen LogP contribution >= 0.6 is 11.6 Å². The third kappa shape index (κ3) is 6.44. The van der Waals surface area contributed by atoms with Crippen LogP contribution in [-0.4, -0.2) is 37.5 Å². The van der Waals surface area contributed by atoms with Gasteiger partial charge in [0.05, 0.1) is 29.5 Å². The first-order valence-corrected chi connectivity index (χ1v) is 14.0. The van der Waals surface area contributed by atoms with Crippen molar-refractivity contribution in [3.8, 4) is 5.75 Å². The molecular formula is C26H30ClN3O4S. The summed E-state index contributed by atoms with van der Waals surface area (Å²) in [5.74, 6) is 1.09. The molecule has 0 aliphatic heterocycles. The molecule has 35 heavy (non-hydrogen) atoms. The summed E-state index contributed by atoms with van der Waals surface area (Å²) in [6, 6.07) is 14.3. The van der Waals surface area contributed by atoms with Crippen molar-refractivity contribution in [1.82, 2.24) is 9.78 Å². The minimum absolute atomic E-state index is 0.0696. The van der Waals surface area contributed by atoms with E-state index in [0.717, 1.165) is 30.4 Å². The number of methoxy groups -OCH3 is 1. The Balaban J connectivity index is 1.51. The molecule has 1 atom stereocenters. The highest BCUT2D eigenvalue weighted by atomic mass is 35.5. The van der Waals surface area contributed by atoms with E-state index >= 15 is 0 Å². The van der Waals surface area contributed by atoms with E-state index in [9.17, 15) is 13.2 Å². The second kappa shape index (κ2) is 10.8. The standard InChI is InChI=1S/C26H30ClN3O4S/c1-34-21-10-7-19(8-11-21)17-30-14-13-25(29-30)28-26(31)22(15-18-5-3-4-6-18)20-9-12-24(23(27)16-20)35(2,32)33/h7-14,16,18,22H,3-6,15,17H2,1-2H3,(H,28,29,31). The monoisotopic (exact) mass is 515 g/mol. The lowest BCUT2D eigenvalue weighted by Gasteiger charge is -2.21. The maximum absolute atomic E-state index is 13.4. The Labute approximate surface area is 211 Å². The zero-order valence-corrected chi connectivity index (χ0v) is 21.5. The van der Waals surface area contributed by atoms with Gasteiger partial charge in [-0.1, -0.05) is 55.5 Å². The van der Waals surface area contributed by atoms with Gasteiger partial charge in [-0.25, -0.2) is 8.42 Å². The number of aromatic nitrogens is 2. The number of carbonyl (C=O) groups is 1. The van der Waals surface area contributed by atoms with E-state index < -0.39 is 15.8 Å². The molecule has 1 saturated carbocycles. The molecule has 2 aromatic carbocycles. The summed E-state index contributed by atoms with van der Waals surface area (Å²) in [4.78, 5) is 13.5. The van der Waals surface area contributed by atoms with Crippen LogP contribution in [-0.2, 0) is 21.2 Å². The van der Waals surface area contributed by atoms with Crippen molar-refractivity contribution in [1.29, 1.82) is 0 Å². The predicted octanol–water partition coefficient (Wildman–Crippen LogP) is 5.30. The van der Waals surface area contributed by atoms with Crippen LogP contribution in [0.3, 0.4) is 0 Å². The highest BCUT2D eigenvalue weighted by Gasteiger charge is 2.28. The molecule has 1 aromatic heterocycles. The van der Waals surface area contributed by atoms with Crippen molar-refractivity contribution in [2.45, 2.75) is 49.5 Å². The SMILES string of the molecule is COc1ccc(Cn2ccc(NC(=O)C(CC3CCCC3)c3ccc(S(C)(=O)=O)c(Cl)c3)n2)cc1. The summed E-state index contributed by atoms with van der Waals surface area (Å²) < 4.78 is 30.9. The fourth-order valence-electron chi connectivity index (χ4n) is 4.66. The van der Waals surface area contributed by atoms with Crippen LogP contribution in [0.15, 0.2) is 59.6 Å². The lowest BCUT2D eigenvalue weighted by Crippen LogP contribution is -2.23. The topological polar surface area (TPSA) is 90.3 Å². The maximum Gasteiger partial charge on any atom is 0.233 e. The molecule has 1 amide bonds. The molecular weight excluding hydrogens is 486 g/mol. The Kier molecular flexibility index (Phi) is 7.82. The molecule has 0 spiro atoms. The number of carbonyl (C=O) groups excluding carboxylic acids is 1. The number of nitrogens with one attached hydrogen (secondary N) is 1. The first-order valence-electron chi connectivity index (χ1n) is 11.7. The largest absolute Gasteiger partial charge is 0.497 e. The molecule has 1 aliphatic rings. The molecule has 4 rings (SSSR count). The summed E-state index contributed by atoms with van der Waals surface area (Å²) >= 11 is 6.30. The quantitative estimate of drug-likeness (QED) is 0.417. The van der Waals surface area contributed by atoms with Crippen LogP contribution in [0.5, 0.6) is 5.75 Å². The minimum Gasteiger partial charge on any atom is -0.497 e. The van der Waals surface area contributed by atoms with Crippen molar-refractivity contribution in [3.63, 3.8) is 0 Å². The van der Waals surface area contributed by atoms with Crippen molar-refractivity contribution < 1.29 is 17.9 Å². The lowest BCUT2D eigenvalue weighted by molar-refractivity contribution is -0.118. The predicted molar refractivity (Wildman–Crippen MR) is 137 cm³/mol. The van der Waals surface area contributed by atoms with Gasteiger partial charge in [-0.15, -0.1) is 0 Å². The fraction of sp³-hybridized carbons (Fsp3) is 0.385. The second-order valence-electron chi connectivity index (χ2n) is 9.14. The number of ether oxygens (including phenoxy) is 1. The lowest BCUT2D eigenvalue weighted by atomic mass is 9.87. The van der Waals surface area contributed by atoms with Crippen molar-refractivity contribution >= 4 is 33.2 Å². The van der Waals surface area contributed by atoms with Gasteiger partial charge in [0, 0.05) is 18.5 Å². The summed E-state index contributed by atoms with van der Waals surface area (Å²) in [5, 5.41) is 7.60. The highest BCUT2D eigenvalue weighted by Crippen LogP contribution is 2.36. The van der Waals surface area contributed by atoms with Crippen LogP contribution in [0.2, 0.25) is 5.02 Å². The molecule has 0 radical (unpaired) electrons. The van der Waals surface area contributed by atoms with E-state index in [2.05, 4.69) is 10.4 Å². The molecule has 9 heteroatoms. The number of halogens is 1. The van der Waals surface area contributed by atoms with E-state index in [1.165, 1.54) is 18.9 Å². The molecule has 3 aromatic rings. The van der Waals surface area contributed by atoms with Crippen molar-refractivity contribution in [3.05, 3.63) is 70.9 Å². The van der Waals surface area contributed by atoms with Gasteiger partial charge < -0.3 is 10.1 Å². The van der Waals surface area contributed by atoms with Gasteiger partial charge in [-0.3, -0.25) is 9.48 Å². The summed E-state index contributed by atoms with van der Waals surface area (Å²) in [5.41, 5.74) is 1.77. The average molecular weight is 516 g/mol. The van der Waals surface area contributed by atoms with Gasteiger partial charge in [0.15, 0.2) is 15.7 Å². The first kappa shape index (κ1) is 25.3. The number of benzene rings is 2. The van der Waals surface area contributed by atoms with Crippen LogP contribution in [0.25, 0.3) is 0 Å². The number of nitrogens with zero attached hydrogens (tertiary/aromatic N) is 2. The van der Waals surface area contributed by atoms with Crippen LogP contribution in [0.1, 0.15) is 49.1 Å². The van der Waals surface area contributed by atoms with Crippen molar-refractivity contribution in [2.24, 2.45) is 5.92 Å².